The summed E-state index contributed by atoms with van der Waals surface area (Å²) in [5.41, 5.74) is 3.02. The minimum Gasteiger partial charge on any atom is -0.494 e. The minimum absolute atomic E-state index is 0.260. The molecule has 2 aromatic heterocycles. The molecule has 0 bridgehead atoms. The lowest BCUT2D eigenvalue weighted by atomic mass is 10.0. The first kappa shape index (κ1) is 23.9. The first-order chi connectivity index (χ1) is 16.4. The van der Waals surface area contributed by atoms with E-state index in [9.17, 15) is 9.59 Å². The molecule has 0 fully saturated rings. The third-order valence-electron chi connectivity index (χ3n) is 5.05. The average molecular weight is 539 g/mol. The maximum atomic E-state index is 13.5. The topological polar surface area (TPSA) is 77.5 Å². The highest BCUT2D eigenvalue weighted by Crippen LogP contribution is 2.32. The monoisotopic (exact) mass is 538 g/mol. The normalized spacial score (nSPS) is 10.8. The fraction of sp³-hybridized carbons (Fsp3) is 0.192. The summed E-state index contributed by atoms with van der Waals surface area (Å²) < 4.78 is 11.5. The number of benzene rings is 2. The Kier molecular flexibility index (Phi) is 7.29. The Morgan fingerprint density at radius 3 is 2.47 bits per heavy atom. The van der Waals surface area contributed by atoms with Crippen molar-refractivity contribution in [2.75, 3.05) is 18.5 Å². The van der Waals surface area contributed by atoms with Crippen molar-refractivity contribution in [1.29, 1.82) is 0 Å². The number of anilines is 1. The van der Waals surface area contributed by atoms with Crippen LogP contribution < -0.4 is 10.1 Å². The maximum Gasteiger partial charge on any atom is 0.341 e. The zero-order chi connectivity index (χ0) is 24.2. The molecule has 0 aliphatic rings. The molecule has 0 saturated heterocycles. The largest absolute Gasteiger partial charge is 0.494 e. The molecule has 0 aliphatic heterocycles. The van der Waals surface area contributed by atoms with Crippen molar-refractivity contribution in [1.82, 2.24) is 4.98 Å². The molecule has 2 heterocycles. The number of nitrogens with one attached hydrogen (secondary N) is 1. The van der Waals surface area contributed by atoms with Gasteiger partial charge in [0.1, 0.15) is 10.8 Å². The Bertz CT molecular complexity index is 1370. The predicted molar refractivity (Wildman–Crippen MR) is 139 cm³/mol. The Labute approximate surface area is 210 Å². The third-order valence-corrected chi connectivity index (χ3v) is 6.51. The van der Waals surface area contributed by atoms with Gasteiger partial charge in [0.2, 0.25) is 0 Å². The molecule has 2 aromatic carbocycles. The van der Waals surface area contributed by atoms with Gasteiger partial charge in [-0.15, -0.1) is 11.3 Å². The van der Waals surface area contributed by atoms with E-state index in [0.717, 1.165) is 20.7 Å². The lowest BCUT2D eigenvalue weighted by Crippen LogP contribution is -2.15. The zero-order valence-electron chi connectivity index (χ0n) is 19.0. The van der Waals surface area contributed by atoms with E-state index in [2.05, 4.69) is 21.2 Å². The van der Waals surface area contributed by atoms with Crippen molar-refractivity contribution in [2.45, 2.75) is 20.8 Å². The number of fused-ring (bicyclic) bond motifs is 1. The van der Waals surface area contributed by atoms with E-state index >= 15 is 0 Å². The number of aryl methyl sites for hydroxylation is 1. The highest BCUT2D eigenvalue weighted by atomic mass is 79.9. The Hall–Kier alpha value is -3.23. The third kappa shape index (κ3) is 5.13. The van der Waals surface area contributed by atoms with Crippen molar-refractivity contribution < 1.29 is 19.1 Å². The molecule has 4 rings (SSSR count). The van der Waals surface area contributed by atoms with Crippen LogP contribution in [0.4, 0.5) is 5.00 Å². The van der Waals surface area contributed by atoms with Crippen LogP contribution in [0.25, 0.3) is 22.2 Å². The Balaban J connectivity index is 1.76. The molecule has 6 nitrogen and oxygen atoms in total. The second-order valence-corrected chi connectivity index (χ2v) is 9.62. The molecule has 0 unspecified atom stereocenters. The smallest absolute Gasteiger partial charge is 0.341 e. The van der Waals surface area contributed by atoms with Crippen LogP contribution in [-0.4, -0.2) is 30.1 Å². The molecule has 4 aromatic rings. The zero-order valence-corrected chi connectivity index (χ0v) is 21.4. The molecule has 1 N–H and O–H groups in total. The van der Waals surface area contributed by atoms with Gasteiger partial charge in [-0.3, -0.25) is 4.79 Å². The quantitative estimate of drug-likeness (QED) is 0.260. The summed E-state index contributed by atoms with van der Waals surface area (Å²) in [6.45, 7) is 6.41. The number of ether oxygens (including phenoxy) is 2. The van der Waals surface area contributed by atoms with E-state index in [4.69, 9.17) is 14.5 Å². The van der Waals surface area contributed by atoms with Crippen LogP contribution in [0.15, 0.2) is 59.1 Å². The number of nitrogens with zero attached hydrogens (tertiary/aromatic N) is 1. The van der Waals surface area contributed by atoms with Gasteiger partial charge in [-0.1, -0.05) is 15.9 Å². The van der Waals surface area contributed by atoms with Crippen LogP contribution >= 0.6 is 27.3 Å². The van der Waals surface area contributed by atoms with Gasteiger partial charge in [0.05, 0.1) is 35.6 Å². The van der Waals surface area contributed by atoms with Gasteiger partial charge in [0, 0.05) is 20.3 Å². The Morgan fingerprint density at radius 1 is 1.00 bits per heavy atom. The first-order valence-corrected chi connectivity index (χ1v) is 12.4. The van der Waals surface area contributed by atoms with E-state index < -0.39 is 5.97 Å². The number of thiophene rings is 1. The fourth-order valence-electron chi connectivity index (χ4n) is 3.56. The highest BCUT2D eigenvalue weighted by Gasteiger charge is 2.21. The van der Waals surface area contributed by atoms with Gasteiger partial charge in [-0.2, -0.15) is 0 Å². The average Bonchev–Trinajstić information content (AvgIpc) is 3.19. The van der Waals surface area contributed by atoms with E-state index in [1.807, 2.05) is 56.3 Å². The van der Waals surface area contributed by atoms with Crippen molar-refractivity contribution in [3.63, 3.8) is 0 Å². The number of aromatic nitrogens is 1. The van der Waals surface area contributed by atoms with Crippen LogP contribution in [0.5, 0.6) is 5.75 Å². The standard InChI is InChI=1S/C26H23BrN2O4S/c1-4-32-18-9-6-16(7-10-18)23-14-20(19-13-17(27)8-11-22(19)28-23)24(30)29-25-21(12-15(3)34-25)26(31)33-5-2/h6-14H,4-5H2,1-3H3,(H,29,30). The van der Waals surface area contributed by atoms with Gasteiger partial charge in [0.25, 0.3) is 5.91 Å². The lowest BCUT2D eigenvalue weighted by molar-refractivity contribution is 0.0528. The van der Waals surface area contributed by atoms with Crippen LogP contribution in [0.2, 0.25) is 0 Å². The van der Waals surface area contributed by atoms with Crippen LogP contribution in [0.1, 0.15) is 39.4 Å². The number of halogens is 1. The SMILES string of the molecule is CCOC(=O)c1cc(C)sc1NC(=O)c1cc(-c2ccc(OCC)cc2)nc2ccc(Br)cc12. The fourth-order valence-corrected chi connectivity index (χ4v) is 4.82. The molecule has 0 radical (unpaired) electrons. The second-order valence-electron chi connectivity index (χ2n) is 7.45. The summed E-state index contributed by atoms with van der Waals surface area (Å²) in [5.74, 6) is -0.0156. The first-order valence-electron chi connectivity index (χ1n) is 10.8. The molecule has 0 aliphatic carbocycles. The summed E-state index contributed by atoms with van der Waals surface area (Å²) in [6, 6.07) is 16.7. The molecular weight excluding hydrogens is 516 g/mol. The van der Waals surface area contributed by atoms with Gasteiger partial charge >= 0.3 is 5.97 Å². The van der Waals surface area contributed by atoms with Gasteiger partial charge in [-0.25, -0.2) is 9.78 Å². The number of amides is 1. The number of hydrogen-bond donors (Lipinski definition) is 1. The molecule has 34 heavy (non-hydrogen) atoms. The molecule has 1 amide bonds. The summed E-state index contributed by atoms with van der Waals surface area (Å²) >= 11 is 4.82. The molecule has 174 valence electrons. The summed E-state index contributed by atoms with van der Waals surface area (Å²) in [4.78, 5) is 31.5. The number of pyridine rings is 1. The maximum absolute atomic E-state index is 13.5. The molecule has 0 atom stereocenters. The second kappa shape index (κ2) is 10.4. The van der Waals surface area contributed by atoms with Gasteiger partial charge in [0.15, 0.2) is 0 Å². The van der Waals surface area contributed by atoms with Crippen LogP contribution in [-0.2, 0) is 4.74 Å². The molecule has 0 saturated carbocycles. The number of rotatable bonds is 7. The van der Waals surface area contributed by atoms with E-state index in [-0.39, 0.29) is 12.5 Å². The lowest BCUT2D eigenvalue weighted by Gasteiger charge is -2.12. The van der Waals surface area contributed by atoms with E-state index in [1.54, 1.807) is 19.1 Å². The van der Waals surface area contributed by atoms with Crippen molar-refractivity contribution >= 4 is 55.0 Å². The highest BCUT2D eigenvalue weighted by molar-refractivity contribution is 9.10. The Morgan fingerprint density at radius 2 is 1.76 bits per heavy atom. The van der Waals surface area contributed by atoms with Gasteiger partial charge < -0.3 is 14.8 Å². The summed E-state index contributed by atoms with van der Waals surface area (Å²) in [6.07, 6.45) is 0. The van der Waals surface area contributed by atoms with Gasteiger partial charge in [-0.05, 0) is 75.4 Å². The number of hydrogen-bond acceptors (Lipinski definition) is 6. The summed E-state index contributed by atoms with van der Waals surface area (Å²) in [7, 11) is 0. The summed E-state index contributed by atoms with van der Waals surface area (Å²) in [5, 5.41) is 4.08. The molecule has 0 spiro atoms. The van der Waals surface area contributed by atoms with Crippen LogP contribution in [0.3, 0.4) is 0 Å². The van der Waals surface area contributed by atoms with Crippen molar-refractivity contribution in [2.24, 2.45) is 0 Å². The van der Waals surface area contributed by atoms with E-state index in [1.165, 1.54) is 11.3 Å². The molecular formula is C26H23BrN2O4S. The van der Waals surface area contributed by atoms with Crippen molar-refractivity contribution in [3.05, 3.63) is 75.1 Å². The minimum atomic E-state index is -0.459. The van der Waals surface area contributed by atoms with E-state index in [0.29, 0.717) is 39.3 Å². The number of esters is 1. The number of carbonyl (C=O) groups excluding carboxylic acids is 2. The predicted octanol–water partition coefficient (Wildman–Crippen LogP) is 6.86. The van der Waals surface area contributed by atoms with Crippen molar-refractivity contribution in [3.8, 4) is 17.0 Å². The van der Waals surface area contributed by atoms with Crippen LogP contribution in [0, 0.1) is 6.92 Å². The number of carbonyl (C=O) groups is 2. The molecule has 8 heteroatoms.